The molecule has 0 bridgehead atoms. The van der Waals surface area contributed by atoms with Gasteiger partial charge in [-0.2, -0.15) is 4.91 Å². The average Bonchev–Trinajstić information content (AvgIpc) is 3.49. The first-order valence-corrected chi connectivity index (χ1v) is 22.2. The molecule has 2 aliphatic carbocycles. The van der Waals surface area contributed by atoms with Crippen molar-refractivity contribution < 1.29 is 14.3 Å². The number of carbonyl (C=O) groups excluding carboxylic acids is 2. The number of aryl methyl sites for hydroxylation is 1. The van der Waals surface area contributed by atoms with Crippen LogP contribution in [0.4, 0.5) is 0 Å². The van der Waals surface area contributed by atoms with E-state index in [0.29, 0.717) is 25.9 Å². The van der Waals surface area contributed by atoms with Crippen LogP contribution in [0, 0.1) is 22.2 Å². The molecule has 1 aromatic rings. The van der Waals surface area contributed by atoms with Crippen molar-refractivity contribution in [3.63, 3.8) is 0 Å². The molecule has 0 heterocycles. The molecule has 1 aromatic carbocycles. The van der Waals surface area contributed by atoms with Crippen molar-refractivity contribution in [3.05, 3.63) is 75.5 Å². The number of rotatable bonds is 32. The van der Waals surface area contributed by atoms with Crippen LogP contribution in [-0.2, 0) is 20.7 Å². The minimum atomic E-state index is -0.356. The molecule has 1 amide bonds. The van der Waals surface area contributed by atoms with Crippen LogP contribution in [0.25, 0.3) is 10.4 Å². The van der Waals surface area contributed by atoms with Crippen LogP contribution in [0.15, 0.2) is 64.9 Å². The molecule has 4 atom stereocenters. The van der Waals surface area contributed by atoms with Crippen LogP contribution in [0.1, 0.15) is 160 Å². The summed E-state index contributed by atoms with van der Waals surface area (Å²) < 4.78 is 5.18. The van der Waals surface area contributed by atoms with Gasteiger partial charge in [-0.05, 0) is 99.5 Å². The Labute approximate surface area is 336 Å². The van der Waals surface area contributed by atoms with Crippen LogP contribution < -0.4 is 5.32 Å². The molecular formula is C45H70ClN5O4. The van der Waals surface area contributed by atoms with Gasteiger partial charge in [-0.25, -0.2) is 0 Å². The number of unbranched alkanes of at least 4 members (excludes halogenated alkanes) is 13. The first-order chi connectivity index (χ1) is 27.0. The minimum absolute atomic E-state index is 0.0206. The lowest BCUT2D eigenvalue weighted by Crippen LogP contribution is -2.30. The fourth-order valence-corrected chi connectivity index (χ4v) is 8.78. The molecule has 2 aliphatic rings. The van der Waals surface area contributed by atoms with E-state index in [9.17, 15) is 14.5 Å². The van der Waals surface area contributed by atoms with Crippen LogP contribution in [0.2, 0.25) is 0 Å². The van der Waals surface area contributed by atoms with Gasteiger partial charge in [0, 0.05) is 35.7 Å². The highest BCUT2D eigenvalue weighted by Gasteiger charge is 2.41. The molecule has 0 unspecified atom stereocenters. The van der Waals surface area contributed by atoms with E-state index in [0.717, 1.165) is 44.9 Å². The third-order valence-electron chi connectivity index (χ3n) is 11.9. The number of azide groups is 1. The maximum atomic E-state index is 12.2. The molecule has 9 nitrogen and oxygen atoms in total. The Morgan fingerprint density at radius 1 is 0.873 bits per heavy atom. The SMILES string of the molecule is [N-]=[N+]=NCCC1(CC/C=C/[C@@H]2[C@@H](C/C=C\CCCC(=O)OCC(=O)NCCCCCCCCCCCCCCCc3ccccc3)[C@H](Cl)C[C@H]2N=O)CCC1. The monoisotopic (exact) mass is 780 g/mol. The van der Waals surface area contributed by atoms with Gasteiger partial charge in [0.05, 0.1) is 6.04 Å². The summed E-state index contributed by atoms with van der Waals surface area (Å²) in [5, 5.41) is 9.89. The number of halogens is 1. The van der Waals surface area contributed by atoms with E-state index < -0.39 is 0 Å². The first-order valence-electron chi connectivity index (χ1n) is 21.7. The van der Waals surface area contributed by atoms with Crippen LogP contribution in [0.5, 0.6) is 0 Å². The summed E-state index contributed by atoms with van der Waals surface area (Å²) in [6.07, 6.45) is 35.8. The van der Waals surface area contributed by atoms with Gasteiger partial charge in [0.25, 0.3) is 5.91 Å². The minimum Gasteiger partial charge on any atom is -0.456 e. The van der Waals surface area contributed by atoms with Crippen molar-refractivity contribution >= 4 is 23.5 Å². The maximum Gasteiger partial charge on any atom is 0.306 e. The third kappa shape index (κ3) is 20.0. The molecule has 306 valence electrons. The van der Waals surface area contributed by atoms with Crippen molar-refractivity contribution in [1.29, 1.82) is 0 Å². The van der Waals surface area contributed by atoms with Gasteiger partial charge in [0.2, 0.25) is 0 Å². The van der Waals surface area contributed by atoms with Crippen molar-refractivity contribution in [1.82, 2.24) is 5.32 Å². The molecular weight excluding hydrogens is 710 g/mol. The highest BCUT2D eigenvalue weighted by Crippen LogP contribution is 2.48. The third-order valence-corrected chi connectivity index (χ3v) is 12.4. The van der Waals surface area contributed by atoms with Gasteiger partial charge < -0.3 is 10.1 Å². The van der Waals surface area contributed by atoms with E-state index in [2.05, 4.69) is 75.2 Å². The maximum absolute atomic E-state index is 12.2. The smallest absolute Gasteiger partial charge is 0.306 e. The summed E-state index contributed by atoms with van der Waals surface area (Å²) in [5.74, 6) is -0.437. The molecule has 0 aliphatic heterocycles. The predicted octanol–water partition coefficient (Wildman–Crippen LogP) is 12.7. The summed E-state index contributed by atoms with van der Waals surface area (Å²) in [6.45, 7) is 0.954. The van der Waals surface area contributed by atoms with E-state index >= 15 is 0 Å². The Bertz CT molecular complexity index is 1310. The predicted molar refractivity (Wildman–Crippen MR) is 226 cm³/mol. The average molecular weight is 781 g/mol. The second-order valence-electron chi connectivity index (χ2n) is 16.1. The number of nitroso groups, excluding NO2 is 1. The molecule has 3 rings (SSSR count). The topological polar surface area (TPSA) is 134 Å². The lowest BCUT2D eigenvalue weighted by atomic mass is 9.64. The zero-order valence-electron chi connectivity index (χ0n) is 33.6. The Hall–Kier alpha value is -3.16. The Kier molecular flexibility index (Phi) is 24.5. The van der Waals surface area contributed by atoms with E-state index in [1.54, 1.807) is 0 Å². The van der Waals surface area contributed by atoms with Crippen LogP contribution in [0.3, 0.4) is 0 Å². The van der Waals surface area contributed by atoms with Crippen molar-refractivity contribution in [2.75, 3.05) is 19.7 Å². The molecule has 0 saturated heterocycles. The van der Waals surface area contributed by atoms with Gasteiger partial charge in [-0.15, -0.1) is 11.6 Å². The molecule has 1 N–H and O–H groups in total. The fraction of sp³-hybridized carbons (Fsp3) is 0.733. The quantitative estimate of drug-likeness (QED) is 0.0114. The van der Waals surface area contributed by atoms with E-state index in [1.165, 1.54) is 102 Å². The van der Waals surface area contributed by atoms with Gasteiger partial charge in [-0.3, -0.25) is 9.59 Å². The number of allylic oxidation sites excluding steroid dienone is 3. The summed E-state index contributed by atoms with van der Waals surface area (Å²) >= 11 is 6.68. The molecule has 2 saturated carbocycles. The van der Waals surface area contributed by atoms with E-state index in [1.807, 2.05) is 0 Å². The number of amides is 1. The standard InChI is InChI=1S/C45H70ClN5O4/c46-41-36-42(50-54)40(28-20-21-30-45(31-23-32-45)33-35-49-51-47)39(41)27-18-11-12-19-29-44(53)55-37-43(52)48-34-22-13-9-7-5-3-1-2-4-6-8-10-15-24-38-25-16-14-17-26-38/h11,14,16-18,20,25-26,28,39-42H,1-10,12-13,15,19,21-24,27,29-37H2,(H,48,52)/b18-11-,28-20+/t39-,40-,41-,42-/m1/s1. The summed E-state index contributed by atoms with van der Waals surface area (Å²) in [5.41, 5.74) is 10.3. The van der Waals surface area contributed by atoms with Crippen molar-refractivity contribution in [3.8, 4) is 0 Å². The highest BCUT2D eigenvalue weighted by molar-refractivity contribution is 6.21. The largest absolute Gasteiger partial charge is 0.456 e. The number of carbonyl (C=O) groups is 2. The molecule has 55 heavy (non-hydrogen) atoms. The van der Waals surface area contributed by atoms with Gasteiger partial charge in [-0.1, -0.05) is 142 Å². The summed E-state index contributed by atoms with van der Waals surface area (Å²) in [4.78, 5) is 38.8. The lowest BCUT2D eigenvalue weighted by molar-refractivity contribution is -0.148. The van der Waals surface area contributed by atoms with Gasteiger partial charge in [0.15, 0.2) is 6.61 Å². The lowest BCUT2D eigenvalue weighted by Gasteiger charge is -2.42. The molecule has 10 heteroatoms. The number of ether oxygens (including phenoxy) is 1. The zero-order chi connectivity index (χ0) is 39.2. The fourth-order valence-electron chi connectivity index (χ4n) is 8.33. The number of hydrogen-bond donors (Lipinski definition) is 1. The van der Waals surface area contributed by atoms with Crippen LogP contribution in [-0.4, -0.2) is 43.0 Å². The number of hydrogen-bond acceptors (Lipinski definition) is 6. The normalized spacial score (nSPS) is 20.3. The second kappa shape index (κ2) is 29.1. The summed E-state index contributed by atoms with van der Waals surface area (Å²) in [6, 6.07) is 10.5. The Morgan fingerprint density at radius 3 is 2.18 bits per heavy atom. The zero-order valence-corrected chi connectivity index (χ0v) is 34.4. The Balaban J connectivity index is 1.12. The van der Waals surface area contributed by atoms with Crippen molar-refractivity contribution in [2.24, 2.45) is 27.5 Å². The van der Waals surface area contributed by atoms with Crippen molar-refractivity contribution in [2.45, 2.75) is 172 Å². The van der Waals surface area contributed by atoms with E-state index in [-0.39, 0.29) is 53.6 Å². The number of esters is 1. The Morgan fingerprint density at radius 2 is 1.55 bits per heavy atom. The van der Waals surface area contributed by atoms with Gasteiger partial charge >= 0.3 is 5.97 Å². The number of benzene rings is 1. The van der Waals surface area contributed by atoms with E-state index in [4.69, 9.17) is 21.9 Å². The molecule has 0 aromatic heterocycles. The molecule has 2 fully saturated rings. The highest BCUT2D eigenvalue weighted by atomic mass is 35.5. The molecule has 0 radical (unpaired) electrons. The van der Waals surface area contributed by atoms with Gasteiger partial charge in [0.1, 0.15) is 0 Å². The first kappa shape index (κ1) is 46.2. The number of nitrogens with one attached hydrogen (secondary N) is 1. The second-order valence-corrected chi connectivity index (χ2v) is 16.7. The number of nitrogens with zero attached hydrogens (tertiary/aromatic N) is 4. The molecule has 0 spiro atoms. The number of alkyl halides is 1. The summed E-state index contributed by atoms with van der Waals surface area (Å²) in [7, 11) is 0. The van der Waals surface area contributed by atoms with Crippen LogP contribution >= 0.6 is 11.6 Å².